The molecule has 5 heterocycles. The van der Waals surface area contributed by atoms with Crippen molar-refractivity contribution in [2.75, 3.05) is 9.80 Å². The Labute approximate surface area is 659 Å². The number of rotatable bonds is 8. The highest BCUT2D eigenvalue weighted by Crippen LogP contribution is 2.56. The minimum Gasteiger partial charge on any atom is -0.456 e. The summed E-state index contributed by atoms with van der Waals surface area (Å²) in [4.78, 5) is 5.14. The van der Waals surface area contributed by atoms with E-state index >= 15 is 0 Å². The smallest absolute Gasteiger partial charge is 0.252 e. The molecule has 538 valence electrons. The van der Waals surface area contributed by atoms with Crippen molar-refractivity contribution in [2.24, 2.45) is 0 Å². The van der Waals surface area contributed by atoms with Crippen molar-refractivity contribution < 1.29 is 11.3 Å². The second-order valence-corrected chi connectivity index (χ2v) is 36.8. The van der Waals surface area contributed by atoms with E-state index in [1.807, 2.05) is 18.2 Å². The lowest BCUT2D eigenvalue weighted by atomic mass is 9.33. The number of benzene rings is 14. The average Bonchev–Trinajstić information content (AvgIpc) is 0.904. The molecule has 0 fully saturated rings. The van der Waals surface area contributed by atoms with Gasteiger partial charge in [0.2, 0.25) is 0 Å². The summed E-state index contributed by atoms with van der Waals surface area (Å²) in [5.74, 6) is 0. The van der Waals surface area contributed by atoms with Gasteiger partial charge in [-0.05, 0) is 207 Å². The molecule has 6 heteroatoms. The normalized spacial score (nSPS) is 14.0. The summed E-state index contributed by atoms with van der Waals surface area (Å²) in [5, 5.41) is 6.79. The number of hydrogen-bond donors (Lipinski definition) is 0. The Hall–Kier alpha value is -11.4. The maximum absolute atomic E-state index is 9.70. The average molecular weight is 1450 g/mol. The first kappa shape index (κ1) is 63.5. The Bertz CT molecular complexity index is 6760. The van der Waals surface area contributed by atoms with E-state index in [1.54, 1.807) is 11.3 Å². The summed E-state index contributed by atoms with van der Waals surface area (Å²) < 4.78 is 58.0. The van der Waals surface area contributed by atoms with Crippen LogP contribution in [0.2, 0.25) is 0 Å². The van der Waals surface area contributed by atoms with Crippen LogP contribution < -0.4 is 26.2 Å². The second kappa shape index (κ2) is 25.1. The molecular weight excluding hydrogens is 1350 g/mol. The molecular formula is C104H92BN3OS. The standard InChI is InChI=1S/C104H92BN3OS/c1-100(2,3)70-43-49-87-83(58-70)84-59-71(101(4,5)6)44-50-88(84)106(87)75-45-48-86-91(62-75)108(97-81(64-31-21-17-22-32-64)60-74(104(13,14)15)61-82(97)65-33-23-18-24-34-65)93-55-69(68-51-72(102(7,8)9)57-73(52-68)103(10,11)12)54-92-96(93)105(86)85-47-42-66(63-29-19-16-20-30-63)53-90(85)107(92)89-39-28-38-80-79-37-27-36-76(98(79)110-99(80)89)67-41-46-78-77-35-25-26-40-94(77)109-95(78)56-67/h16-62H,1-15H3/i16D,19D,20D,29D,30D. The Morgan fingerprint density at radius 3 is 1.42 bits per heavy atom. The highest BCUT2D eigenvalue weighted by atomic mass is 32.1. The first-order valence-electron chi connectivity index (χ1n) is 41.3. The van der Waals surface area contributed by atoms with Gasteiger partial charge >= 0.3 is 0 Å². The summed E-state index contributed by atoms with van der Waals surface area (Å²) >= 11 is 1.79. The topological polar surface area (TPSA) is 24.6 Å². The van der Waals surface area contributed by atoms with E-state index in [9.17, 15) is 5.48 Å². The maximum Gasteiger partial charge on any atom is 0.252 e. The fourth-order valence-corrected chi connectivity index (χ4v) is 18.7. The number of anilines is 6. The summed E-state index contributed by atoms with van der Waals surface area (Å²) in [6.45, 7) is 34.3. The predicted octanol–water partition coefficient (Wildman–Crippen LogP) is 28.0. The number of aromatic nitrogens is 1. The molecule has 0 saturated carbocycles. The molecule has 0 N–H and O–H groups in total. The van der Waals surface area contributed by atoms with E-state index in [0.717, 1.165) is 154 Å². The third kappa shape index (κ3) is 11.4. The Morgan fingerprint density at radius 2 is 0.809 bits per heavy atom. The number of thiophene rings is 1. The van der Waals surface area contributed by atoms with Crippen LogP contribution in [0, 0.1) is 0 Å². The molecule has 2 aliphatic heterocycles. The van der Waals surface area contributed by atoms with Crippen molar-refractivity contribution in [1.29, 1.82) is 0 Å². The molecule has 4 nitrogen and oxygen atoms in total. The third-order valence-electron chi connectivity index (χ3n) is 23.4. The number of para-hydroxylation sites is 1. The molecule has 0 spiro atoms. The van der Waals surface area contributed by atoms with Crippen molar-refractivity contribution in [3.05, 3.63) is 313 Å². The zero-order valence-corrected chi connectivity index (χ0v) is 66.3. The van der Waals surface area contributed by atoms with Crippen LogP contribution in [0.15, 0.2) is 289 Å². The van der Waals surface area contributed by atoms with Gasteiger partial charge in [0.05, 0.1) is 34.0 Å². The lowest BCUT2D eigenvalue weighted by Gasteiger charge is -2.45. The molecule has 14 aromatic carbocycles. The van der Waals surface area contributed by atoms with E-state index in [4.69, 9.17) is 5.79 Å². The van der Waals surface area contributed by atoms with E-state index in [2.05, 4.69) is 355 Å². The van der Waals surface area contributed by atoms with Crippen LogP contribution >= 0.6 is 11.3 Å². The first-order valence-corrected chi connectivity index (χ1v) is 39.6. The predicted molar refractivity (Wildman–Crippen MR) is 476 cm³/mol. The summed E-state index contributed by atoms with van der Waals surface area (Å²) in [6.07, 6.45) is 0. The summed E-state index contributed by atoms with van der Waals surface area (Å²) in [5.41, 5.74) is 28.5. The minimum absolute atomic E-state index is 0.109. The van der Waals surface area contributed by atoms with Crippen LogP contribution in [0.5, 0.6) is 0 Å². The van der Waals surface area contributed by atoms with Crippen molar-refractivity contribution in [1.82, 2.24) is 4.57 Å². The van der Waals surface area contributed by atoms with Crippen molar-refractivity contribution in [3.8, 4) is 61.3 Å². The molecule has 3 aromatic heterocycles. The van der Waals surface area contributed by atoms with Crippen molar-refractivity contribution >= 4 is 132 Å². The molecule has 0 amide bonds. The van der Waals surface area contributed by atoms with Gasteiger partial charge < -0.3 is 18.8 Å². The fraction of sp³-hybridized carbons (Fsp3) is 0.192. The third-order valence-corrected chi connectivity index (χ3v) is 24.7. The molecule has 0 bridgehead atoms. The van der Waals surface area contributed by atoms with Crippen molar-refractivity contribution in [2.45, 2.75) is 131 Å². The molecule has 19 rings (SSSR count). The van der Waals surface area contributed by atoms with Gasteiger partial charge in [-0.25, -0.2) is 0 Å². The molecule has 0 radical (unpaired) electrons. The van der Waals surface area contributed by atoms with E-state index < -0.39 is 12.8 Å². The first-order chi connectivity index (χ1) is 54.8. The molecule has 0 atom stereocenters. The molecule has 0 unspecified atom stereocenters. The van der Waals surface area contributed by atoms with Crippen molar-refractivity contribution in [3.63, 3.8) is 0 Å². The van der Waals surface area contributed by atoms with Crippen LogP contribution in [0.3, 0.4) is 0 Å². The number of fused-ring (bicyclic) bond motifs is 13. The largest absolute Gasteiger partial charge is 0.456 e. The van der Waals surface area contributed by atoms with Gasteiger partial charge in [0.25, 0.3) is 6.71 Å². The molecule has 0 saturated heterocycles. The van der Waals surface area contributed by atoms with Gasteiger partial charge in [0, 0.05) is 76.6 Å². The van der Waals surface area contributed by atoms with E-state index in [0.29, 0.717) is 5.56 Å². The van der Waals surface area contributed by atoms with Crippen LogP contribution in [0.4, 0.5) is 34.1 Å². The second-order valence-electron chi connectivity index (χ2n) is 35.8. The quantitative estimate of drug-likeness (QED) is 0.142. The minimum atomic E-state index is -0.442. The number of furan rings is 1. The molecule has 110 heavy (non-hydrogen) atoms. The van der Waals surface area contributed by atoms with Crippen LogP contribution in [0.25, 0.3) is 125 Å². The lowest BCUT2D eigenvalue weighted by molar-refractivity contribution is 0.569. The van der Waals surface area contributed by atoms with E-state index in [1.165, 1.54) is 38.6 Å². The SMILES string of the molecule is [2H]c1c([2H])c([2H])c(-c2ccc3c(c2)N(c2cccc4c2sc2c(-c5ccc6c(c5)oc5ccccc56)cccc24)c2cc(-c4cc(C(C)(C)C)cc(C(C)(C)C)c4)cc4c2B3c2ccc(-n3c5ccc(C(C)(C)C)cc5c5cc(C(C)(C)C)ccc53)cc2N4c2c(-c3ccccc3)cc(C(C)(C)C)cc2-c2ccccc2)c([2H])c1[2H]. The van der Waals surface area contributed by atoms with Gasteiger partial charge in [-0.15, -0.1) is 11.3 Å². The van der Waals surface area contributed by atoms with Gasteiger partial charge in [-0.3, -0.25) is 0 Å². The van der Waals surface area contributed by atoms with Crippen LogP contribution in [-0.2, 0) is 27.1 Å². The fourth-order valence-electron chi connectivity index (χ4n) is 17.3. The van der Waals surface area contributed by atoms with Crippen LogP contribution in [-0.4, -0.2) is 11.3 Å². The van der Waals surface area contributed by atoms with Gasteiger partial charge in [-0.2, -0.15) is 0 Å². The van der Waals surface area contributed by atoms with Gasteiger partial charge in [0.15, 0.2) is 0 Å². The number of hydrogen-bond acceptors (Lipinski definition) is 4. The molecule has 17 aromatic rings. The Kier molecular flexibility index (Phi) is 14.5. The molecule has 2 aliphatic rings. The highest BCUT2D eigenvalue weighted by molar-refractivity contribution is 7.27. The molecule has 0 aliphatic carbocycles. The van der Waals surface area contributed by atoms with Gasteiger partial charge in [0.1, 0.15) is 11.2 Å². The lowest BCUT2D eigenvalue weighted by Crippen LogP contribution is -2.61. The summed E-state index contributed by atoms with van der Waals surface area (Å²) in [7, 11) is 0. The zero-order valence-electron chi connectivity index (χ0n) is 70.5. The van der Waals surface area contributed by atoms with E-state index in [-0.39, 0.29) is 56.8 Å². The maximum atomic E-state index is 9.70. The van der Waals surface area contributed by atoms with Crippen LogP contribution in [0.1, 0.15) is 139 Å². The highest BCUT2D eigenvalue weighted by Gasteiger charge is 2.46. The van der Waals surface area contributed by atoms with Gasteiger partial charge in [-0.1, -0.05) is 298 Å². The Balaban J connectivity index is 0.986. The zero-order chi connectivity index (χ0) is 80.2. The number of nitrogens with zero attached hydrogens (tertiary/aromatic N) is 3. The monoisotopic (exact) mass is 1450 g/mol. The summed E-state index contributed by atoms with van der Waals surface area (Å²) in [6, 6.07) is 93.5. The Morgan fingerprint density at radius 1 is 0.309 bits per heavy atom.